The van der Waals surface area contributed by atoms with E-state index < -0.39 is 10.0 Å². The first-order valence-electron chi connectivity index (χ1n) is 5.00. The molecule has 0 aliphatic heterocycles. The Labute approximate surface area is 130 Å². The largest absolute Gasteiger partial charge is 0.315 e. The Morgan fingerprint density at radius 1 is 1.32 bits per heavy atom. The summed E-state index contributed by atoms with van der Waals surface area (Å²) in [4.78, 5) is 13.4. The predicted octanol–water partition coefficient (Wildman–Crippen LogP) is 2.44. The zero-order valence-corrected chi connectivity index (χ0v) is 14.1. The van der Waals surface area contributed by atoms with Crippen LogP contribution in [0.5, 0.6) is 0 Å². The molecule has 2 N–H and O–H groups in total. The van der Waals surface area contributed by atoms with Crippen LogP contribution in [0.25, 0.3) is 0 Å². The van der Waals surface area contributed by atoms with Crippen LogP contribution in [0.3, 0.4) is 0 Å². The monoisotopic (exact) mass is 426 g/mol. The molecule has 0 atom stereocenters. The Hall–Kier alpha value is -0.480. The summed E-state index contributed by atoms with van der Waals surface area (Å²) < 4.78 is 27.9. The highest BCUT2D eigenvalue weighted by atomic mass is 79.9. The lowest BCUT2D eigenvalue weighted by Crippen LogP contribution is -2.24. The second kappa shape index (κ2) is 5.88. The van der Waals surface area contributed by atoms with Gasteiger partial charge in [0.2, 0.25) is 10.0 Å². The maximum atomic E-state index is 12.1. The van der Waals surface area contributed by atoms with E-state index in [9.17, 15) is 13.2 Å². The molecule has 0 spiro atoms. The summed E-state index contributed by atoms with van der Waals surface area (Å²) in [7, 11) is -3.63. The van der Waals surface area contributed by atoms with Gasteiger partial charge in [0.05, 0.1) is 11.4 Å². The number of nitrogens with one attached hydrogen (secondary N) is 2. The van der Waals surface area contributed by atoms with Crippen molar-refractivity contribution in [1.82, 2.24) is 9.71 Å². The molecule has 1 aromatic heterocycles. The lowest BCUT2D eigenvalue weighted by Gasteiger charge is -2.07. The number of H-pyrrole nitrogens is 1. The van der Waals surface area contributed by atoms with Crippen LogP contribution >= 0.6 is 43.2 Å². The molecule has 0 fully saturated rings. The Morgan fingerprint density at radius 2 is 2.05 bits per heavy atom. The number of hydrogen-bond acceptors (Lipinski definition) is 4. The predicted molar refractivity (Wildman–Crippen MR) is 80.8 cm³/mol. The maximum absolute atomic E-state index is 12.1. The molecule has 0 amide bonds. The summed E-state index contributed by atoms with van der Waals surface area (Å²) in [5.41, 5.74) is 0.534. The van der Waals surface area contributed by atoms with Crippen LogP contribution in [0.4, 0.5) is 0 Å². The molecule has 2 rings (SSSR count). The first kappa shape index (κ1) is 14.9. The van der Waals surface area contributed by atoms with Crippen molar-refractivity contribution in [2.45, 2.75) is 11.4 Å². The Kier molecular flexibility index (Phi) is 4.62. The van der Waals surface area contributed by atoms with Crippen molar-refractivity contribution in [3.05, 3.63) is 47.9 Å². The van der Waals surface area contributed by atoms with Gasteiger partial charge in [-0.3, -0.25) is 4.79 Å². The van der Waals surface area contributed by atoms with Gasteiger partial charge in [-0.15, -0.1) is 0 Å². The SMILES string of the molecule is O=c1[nH]c(CNS(=O)(=O)c2ccc(Br)cc2Br)cs1. The lowest BCUT2D eigenvalue weighted by atomic mass is 10.4. The van der Waals surface area contributed by atoms with Crippen LogP contribution in [-0.2, 0) is 16.6 Å². The Morgan fingerprint density at radius 3 is 2.63 bits per heavy atom. The molecule has 1 aromatic carbocycles. The van der Waals surface area contributed by atoms with E-state index in [-0.39, 0.29) is 16.3 Å². The molecule has 0 bridgehead atoms. The third-order valence-electron chi connectivity index (χ3n) is 2.21. The fraction of sp³-hybridized carbons (Fsp3) is 0.100. The quantitative estimate of drug-likeness (QED) is 0.786. The third-order valence-corrected chi connectivity index (χ3v) is 5.80. The van der Waals surface area contributed by atoms with Crippen LogP contribution in [0.1, 0.15) is 5.69 Å². The van der Waals surface area contributed by atoms with Gasteiger partial charge in [0.15, 0.2) is 0 Å². The molecule has 19 heavy (non-hydrogen) atoms. The van der Waals surface area contributed by atoms with Crippen molar-refractivity contribution < 1.29 is 8.42 Å². The summed E-state index contributed by atoms with van der Waals surface area (Å²) in [5, 5.41) is 1.58. The van der Waals surface area contributed by atoms with Gasteiger partial charge in [-0.25, -0.2) is 13.1 Å². The second-order valence-electron chi connectivity index (χ2n) is 3.57. The first-order valence-corrected chi connectivity index (χ1v) is 8.95. The second-order valence-corrected chi connectivity index (χ2v) is 7.92. The topological polar surface area (TPSA) is 79.0 Å². The molecule has 5 nitrogen and oxygen atoms in total. The summed E-state index contributed by atoms with van der Waals surface area (Å²) in [5.74, 6) is 0. The van der Waals surface area contributed by atoms with Gasteiger partial charge >= 0.3 is 4.87 Å². The summed E-state index contributed by atoms with van der Waals surface area (Å²) in [6, 6.07) is 4.79. The highest BCUT2D eigenvalue weighted by Crippen LogP contribution is 2.25. The van der Waals surface area contributed by atoms with Crippen molar-refractivity contribution in [3.8, 4) is 0 Å². The molecule has 0 aliphatic carbocycles. The number of halogens is 2. The van der Waals surface area contributed by atoms with Gasteiger partial charge in [0.1, 0.15) is 0 Å². The molecule has 0 unspecified atom stereocenters. The zero-order valence-electron chi connectivity index (χ0n) is 9.31. The highest BCUT2D eigenvalue weighted by Gasteiger charge is 2.17. The van der Waals surface area contributed by atoms with E-state index in [0.717, 1.165) is 15.8 Å². The minimum atomic E-state index is -3.63. The average molecular weight is 428 g/mol. The van der Waals surface area contributed by atoms with Crippen LogP contribution < -0.4 is 9.60 Å². The minimum Gasteiger partial charge on any atom is -0.315 e. The van der Waals surface area contributed by atoms with Crippen LogP contribution in [0.2, 0.25) is 0 Å². The highest BCUT2D eigenvalue weighted by molar-refractivity contribution is 9.11. The summed E-state index contributed by atoms with van der Waals surface area (Å²) in [6.45, 7) is 0.0452. The Balaban J connectivity index is 2.20. The van der Waals surface area contributed by atoms with E-state index in [2.05, 4.69) is 41.6 Å². The van der Waals surface area contributed by atoms with Gasteiger partial charge in [-0.05, 0) is 34.1 Å². The van der Waals surface area contributed by atoms with Crippen molar-refractivity contribution in [3.63, 3.8) is 0 Å². The summed E-state index contributed by atoms with van der Waals surface area (Å²) in [6.07, 6.45) is 0. The fourth-order valence-electron chi connectivity index (χ4n) is 1.34. The fourth-order valence-corrected chi connectivity index (χ4v) is 4.68. The number of aromatic amines is 1. The standard InChI is InChI=1S/C10H8Br2N2O3S2/c11-6-1-2-9(8(12)3-6)19(16,17)13-4-7-5-18-10(15)14-7/h1-3,5,13H,4H2,(H,14,15). The van der Waals surface area contributed by atoms with E-state index in [4.69, 9.17) is 0 Å². The summed E-state index contributed by atoms with van der Waals surface area (Å²) >= 11 is 7.46. The molecule has 1 heterocycles. The normalized spacial score (nSPS) is 11.7. The van der Waals surface area contributed by atoms with Crippen LogP contribution in [0, 0.1) is 0 Å². The molecule has 0 aliphatic rings. The van der Waals surface area contributed by atoms with Crippen molar-refractivity contribution >= 4 is 53.2 Å². The molecular weight excluding hydrogens is 420 g/mol. The van der Waals surface area contributed by atoms with Crippen LogP contribution in [0.15, 0.2) is 42.2 Å². The van der Waals surface area contributed by atoms with Gasteiger partial charge < -0.3 is 4.98 Å². The van der Waals surface area contributed by atoms with Gasteiger partial charge in [0.25, 0.3) is 0 Å². The molecular formula is C10H8Br2N2O3S2. The number of rotatable bonds is 4. The van der Waals surface area contributed by atoms with Crippen molar-refractivity contribution in [2.75, 3.05) is 0 Å². The van der Waals surface area contributed by atoms with E-state index in [1.165, 1.54) is 6.07 Å². The number of aromatic nitrogens is 1. The van der Waals surface area contributed by atoms with Crippen LogP contribution in [-0.4, -0.2) is 13.4 Å². The van der Waals surface area contributed by atoms with E-state index in [1.807, 2.05) is 0 Å². The third kappa shape index (κ3) is 3.76. The van der Waals surface area contributed by atoms with E-state index >= 15 is 0 Å². The Bertz CT molecular complexity index is 752. The average Bonchev–Trinajstić information content (AvgIpc) is 2.72. The number of thiazole rings is 1. The molecule has 0 saturated heterocycles. The lowest BCUT2D eigenvalue weighted by molar-refractivity contribution is 0.580. The van der Waals surface area contributed by atoms with Gasteiger partial charge in [-0.2, -0.15) is 0 Å². The molecule has 9 heteroatoms. The minimum absolute atomic E-state index is 0.0452. The molecule has 0 radical (unpaired) electrons. The maximum Gasteiger partial charge on any atom is 0.304 e. The first-order chi connectivity index (χ1) is 8.88. The smallest absolute Gasteiger partial charge is 0.304 e. The van der Waals surface area contributed by atoms with Gasteiger partial charge in [-0.1, -0.05) is 27.3 Å². The number of benzene rings is 1. The number of hydrogen-bond donors (Lipinski definition) is 2. The van der Waals surface area contributed by atoms with E-state index in [0.29, 0.717) is 10.2 Å². The molecule has 102 valence electrons. The zero-order chi connectivity index (χ0) is 14.0. The molecule has 0 saturated carbocycles. The van der Waals surface area contributed by atoms with Crippen molar-refractivity contribution in [2.24, 2.45) is 0 Å². The number of sulfonamides is 1. The van der Waals surface area contributed by atoms with Gasteiger partial charge in [0, 0.05) is 20.0 Å². The van der Waals surface area contributed by atoms with E-state index in [1.54, 1.807) is 17.5 Å². The molecule has 2 aromatic rings. The van der Waals surface area contributed by atoms with Crippen molar-refractivity contribution in [1.29, 1.82) is 0 Å².